The van der Waals surface area contributed by atoms with E-state index in [1.54, 1.807) is 0 Å². The molecule has 0 saturated heterocycles. The lowest BCUT2D eigenvalue weighted by molar-refractivity contribution is -0.140. The van der Waals surface area contributed by atoms with Crippen LogP contribution in [0.5, 0.6) is 0 Å². The van der Waals surface area contributed by atoms with Gasteiger partial charge < -0.3 is 10.2 Å². The van der Waals surface area contributed by atoms with Crippen LogP contribution in [0.1, 0.15) is 54.4 Å². The van der Waals surface area contributed by atoms with Crippen LogP contribution in [0.25, 0.3) is 0 Å². The third kappa shape index (κ3) is 9.07. The smallest absolute Gasteiger partial charge is 0.352 e. The molecule has 4 rings (SSSR count). The maximum atomic E-state index is 14.2. The number of benzene rings is 3. The summed E-state index contributed by atoms with van der Waals surface area (Å²) in [5, 5.41) is 3.12. The average molecular weight is 630 g/mol. The van der Waals surface area contributed by atoms with E-state index in [1.165, 1.54) is 11.0 Å². The molecule has 11 heteroatoms. The molecule has 0 aromatic heterocycles. The van der Waals surface area contributed by atoms with E-state index in [0.717, 1.165) is 67.2 Å². The summed E-state index contributed by atoms with van der Waals surface area (Å²) in [6.07, 6.45) is 1.01. The van der Waals surface area contributed by atoms with Crippen LogP contribution in [-0.2, 0) is 38.8 Å². The Morgan fingerprint density at radius 2 is 1.57 bits per heavy atom. The van der Waals surface area contributed by atoms with Crippen molar-refractivity contribution in [2.24, 2.45) is 0 Å². The molecule has 0 radical (unpaired) electrons. The number of nitrogens with one attached hydrogen (secondary N) is 1. The second-order valence-electron chi connectivity index (χ2n) is 11.4. The molecule has 1 aliphatic rings. The van der Waals surface area contributed by atoms with Gasteiger partial charge in [0.25, 0.3) is 0 Å². The van der Waals surface area contributed by atoms with Crippen molar-refractivity contribution >= 4 is 27.5 Å². The van der Waals surface area contributed by atoms with Crippen LogP contribution < -0.4 is 9.62 Å². The van der Waals surface area contributed by atoms with Gasteiger partial charge in [0.15, 0.2) is 0 Å². The van der Waals surface area contributed by atoms with Gasteiger partial charge in [-0.1, -0.05) is 85.5 Å². The molecule has 1 N–H and O–H groups in total. The molecule has 0 spiro atoms. The van der Waals surface area contributed by atoms with E-state index in [2.05, 4.69) is 5.32 Å². The summed E-state index contributed by atoms with van der Waals surface area (Å²) in [7, 11) is -4.20. The van der Waals surface area contributed by atoms with Gasteiger partial charge in [0.1, 0.15) is 12.6 Å². The number of amides is 2. The van der Waals surface area contributed by atoms with Crippen molar-refractivity contribution in [2.75, 3.05) is 17.1 Å². The number of hydrogen-bond acceptors (Lipinski definition) is 4. The van der Waals surface area contributed by atoms with E-state index in [9.17, 15) is 31.2 Å². The van der Waals surface area contributed by atoms with Crippen molar-refractivity contribution in [3.05, 3.63) is 101 Å². The summed E-state index contributed by atoms with van der Waals surface area (Å²) in [4.78, 5) is 29.5. The Labute approximate surface area is 257 Å². The standard InChI is InChI=1S/C33H38F3N3O4S/c1-24-16-18-26(19-17-24)22-38(30(20-25-10-5-3-6-11-25)32(41)37-28-13-7-4-8-14-28)31(40)23-39(44(2,42)43)29-15-9-12-27(21-29)33(34,35)36/h3,5-6,9-12,15-19,21,28,30H,4,7-8,13-14,20,22-23H2,1-2H3,(H,37,41). The highest BCUT2D eigenvalue weighted by atomic mass is 32.2. The Kier molecular flexibility index (Phi) is 10.7. The Balaban J connectivity index is 1.73. The molecule has 0 aliphatic heterocycles. The van der Waals surface area contributed by atoms with Crippen LogP contribution >= 0.6 is 0 Å². The first-order chi connectivity index (χ1) is 20.8. The number of anilines is 1. The zero-order valence-corrected chi connectivity index (χ0v) is 25.7. The third-order valence-electron chi connectivity index (χ3n) is 7.84. The highest BCUT2D eigenvalue weighted by Crippen LogP contribution is 2.32. The van der Waals surface area contributed by atoms with Crippen molar-refractivity contribution in [1.29, 1.82) is 0 Å². The Morgan fingerprint density at radius 3 is 2.18 bits per heavy atom. The maximum Gasteiger partial charge on any atom is 0.416 e. The molecule has 3 aromatic carbocycles. The van der Waals surface area contributed by atoms with Crippen LogP contribution in [0.2, 0.25) is 0 Å². The van der Waals surface area contributed by atoms with Crippen molar-refractivity contribution in [2.45, 2.75) is 70.3 Å². The van der Waals surface area contributed by atoms with Gasteiger partial charge in [-0.3, -0.25) is 13.9 Å². The summed E-state index contributed by atoms with van der Waals surface area (Å²) in [6, 6.07) is 19.4. The van der Waals surface area contributed by atoms with E-state index in [0.29, 0.717) is 10.4 Å². The monoisotopic (exact) mass is 629 g/mol. The molecule has 44 heavy (non-hydrogen) atoms. The van der Waals surface area contributed by atoms with Gasteiger partial charge in [-0.2, -0.15) is 13.2 Å². The summed E-state index contributed by atoms with van der Waals surface area (Å²) in [6.45, 7) is 1.13. The summed E-state index contributed by atoms with van der Waals surface area (Å²) in [5.41, 5.74) is 1.18. The number of rotatable bonds is 11. The number of carbonyl (C=O) groups excluding carboxylic acids is 2. The number of sulfonamides is 1. The predicted molar refractivity (Wildman–Crippen MR) is 164 cm³/mol. The average Bonchev–Trinajstić information content (AvgIpc) is 2.98. The van der Waals surface area contributed by atoms with Crippen molar-refractivity contribution < 1.29 is 31.2 Å². The molecule has 1 aliphatic carbocycles. The Morgan fingerprint density at radius 1 is 0.909 bits per heavy atom. The molecule has 3 aromatic rings. The molecule has 1 saturated carbocycles. The predicted octanol–water partition coefficient (Wildman–Crippen LogP) is 5.87. The first-order valence-electron chi connectivity index (χ1n) is 14.7. The van der Waals surface area contributed by atoms with Gasteiger partial charge in [0.2, 0.25) is 21.8 Å². The van der Waals surface area contributed by atoms with Crippen LogP contribution in [-0.4, -0.2) is 50.0 Å². The second-order valence-corrected chi connectivity index (χ2v) is 13.3. The maximum absolute atomic E-state index is 14.2. The number of alkyl halides is 3. The Hall–Kier alpha value is -3.86. The lowest BCUT2D eigenvalue weighted by Crippen LogP contribution is -2.55. The fourth-order valence-electron chi connectivity index (χ4n) is 5.44. The number of aryl methyl sites for hydroxylation is 1. The summed E-state index contributed by atoms with van der Waals surface area (Å²) in [5.74, 6) is -1.07. The van der Waals surface area contributed by atoms with Crippen molar-refractivity contribution in [3.8, 4) is 0 Å². The highest BCUT2D eigenvalue weighted by molar-refractivity contribution is 7.92. The lowest BCUT2D eigenvalue weighted by atomic mass is 9.94. The largest absolute Gasteiger partial charge is 0.416 e. The minimum Gasteiger partial charge on any atom is -0.352 e. The van der Waals surface area contributed by atoms with E-state index in [1.807, 2.05) is 61.5 Å². The zero-order chi connectivity index (χ0) is 31.9. The van der Waals surface area contributed by atoms with Gasteiger partial charge in [-0.15, -0.1) is 0 Å². The normalized spacial score (nSPS) is 14.9. The number of nitrogens with zero attached hydrogens (tertiary/aromatic N) is 2. The van der Waals surface area contributed by atoms with Gasteiger partial charge in [0, 0.05) is 19.0 Å². The molecule has 1 fully saturated rings. The lowest BCUT2D eigenvalue weighted by Gasteiger charge is -2.35. The molecule has 2 amide bonds. The zero-order valence-electron chi connectivity index (χ0n) is 24.9. The molecular weight excluding hydrogens is 591 g/mol. The second kappa shape index (κ2) is 14.3. The first-order valence-corrected chi connectivity index (χ1v) is 16.5. The quantitative estimate of drug-likeness (QED) is 0.288. The van der Waals surface area contributed by atoms with Gasteiger partial charge in [-0.25, -0.2) is 8.42 Å². The number of halogens is 3. The molecule has 1 unspecified atom stereocenters. The van der Waals surface area contributed by atoms with E-state index in [-0.39, 0.29) is 30.6 Å². The minimum atomic E-state index is -4.71. The molecule has 7 nitrogen and oxygen atoms in total. The van der Waals surface area contributed by atoms with E-state index in [4.69, 9.17) is 0 Å². The van der Waals surface area contributed by atoms with Crippen LogP contribution in [0.4, 0.5) is 18.9 Å². The summed E-state index contributed by atoms with van der Waals surface area (Å²) < 4.78 is 66.9. The van der Waals surface area contributed by atoms with E-state index < -0.39 is 40.3 Å². The van der Waals surface area contributed by atoms with Crippen LogP contribution in [0, 0.1) is 6.92 Å². The van der Waals surface area contributed by atoms with Crippen molar-refractivity contribution in [3.63, 3.8) is 0 Å². The Bertz CT molecular complexity index is 1520. The van der Waals surface area contributed by atoms with Gasteiger partial charge in [-0.05, 0) is 49.1 Å². The molecule has 1 atom stereocenters. The van der Waals surface area contributed by atoms with Gasteiger partial charge >= 0.3 is 6.18 Å². The molecule has 0 heterocycles. The topological polar surface area (TPSA) is 86.8 Å². The minimum absolute atomic E-state index is 0.00507. The number of carbonyl (C=O) groups is 2. The summed E-state index contributed by atoms with van der Waals surface area (Å²) >= 11 is 0. The number of hydrogen-bond donors (Lipinski definition) is 1. The SMILES string of the molecule is Cc1ccc(CN(C(=O)CN(c2cccc(C(F)(F)F)c2)S(C)(=O)=O)C(Cc2ccccc2)C(=O)NC2CCCCC2)cc1. The fourth-order valence-corrected chi connectivity index (χ4v) is 6.28. The van der Waals surface area contributed by atoms with E-state index >= 15 is 0 Å². The first kappa shape index (κ1) is 33.0. The fraction of sp³-hybridized carbons (Fsp3) is 0.394. The van der Waals surface area contributed by atoms with Gasteiger partial charge in [0.05, 0.1) is 17.5 Å². The third-order valence-corrected chi connectivity index (χ3v) is 8.98. The van der Waals surface area contributed by atoms with Crippen LogP contribution in [0.3, 0.4) is 0 Å². The van der Waals surface area contributed by atoms with Crippen molar-refractivity contribution in [1.82, 2.24) is 10.2 Å². The molecule has 0 bridgehead atoms. The highest BCUT2D eigenvalue weighted by Gasteiger charge is 2.35. The van der Waals surface area contributed by atoms with Crippen LogP contribution in [0.15, 0.2) is 78.9 Å². The molecular formula is C33H38F3N3O4S. The molecule has 236 valence electrons.